The predicted octanol–water partition coefficient (Wildman–Crippen LogP) is 5.44. The van der Waals surface area contributed by atoms with Gasteiger partial charge in [-0.1, -0.05) is 94.3 Å². The van der Waals surface area contributed by atoms with Gasteiger partial charge in [0.15, 0.2) is 0 Å². The maximum Gasteiger partial charge on any atom is 2.00 e. The van der Waals surface area contributed by atoms with Gasteiger partial charge in [0.2, 0.25) is 0 Å². The van der Waals surface area contributed by atoms with Gasteiger partial charge in [0.1, 0.15) is 0 Å². The van der Waals surface area contributed by atoms with Crippen molar-refractivity contribution in [1.82, 2.24) is 0 Å². The maximum absolute atomic E-state index is 5.36. The van der Waals surface area contributed by atoms with Crippen molar-refractivity contribution in [3.05, 3.63) is 12.1 Å². The molecular weight excluding hydrogens is 251 g/mol. The minimum Gasteiger partial charge on any atom is -0.666 e. The van der Waals surface area contributed by atoms with Crippen LogP contribution in [0, 0.1) is 7.43 Å². The van der Waals surface area contributed by atoms with Crippen molar-refractivity contribution >= 4 is 39.5 Å². The van der Waals surface area contributed by atoms with Crippen LogP contribution in [0.3, 0.4) is 0 Å². The molecule has 0 bridgehead atoms. The number of hydrogen-bond donors (Lipinski definition) is 0. The Morgan fingerprint density at radius 1 is 0.647 bits per heavy atom. The summed E-state index contributed by atoms with van der Waals surface area (Å²) in [5.41, 5.74) is 0. The molecule has 0 spiro atoms. The van der Waals surface area contributed by atoms with Crippen molar-refractivity contribution in [2.24, 2.45) is 0 Å². The summed E-state index contributed by atoms with van der Waals surface area (Å²) in [6, 6.07) is 0. The maximum atomic E-state index is 5.36. The van der Waals surface area contributed by atoms with E-state index in [4.69, 9.17) is 4.65 Å². The van der Waals surface area contributed by atoms with Gasteiger partial charge >= 0.3 is 23.1 Å². The molecule has 17 heavy (non-hydrogen) atoms. The zero-order chi connectivity index (χ0) is 12.7. The number of rotatable bonds is 2. The molecule has 0 radical (unpaired) electrons. The molecule has 0 N–H and O–H groups in total. The van der Waals surface area contributed by atoms with E-state index in [1.54, 1.807) is 0 Å². The minimum atomic E-state index is -1.46. The van der Waals surface area contributed by atoms with Gasteiger partial charge in [-0.3, -0.25) is 0 Å². The molecule has 1 nitrogen and oxygen atoms in total. The monoisotopic (exact) mass is 283 g/mol. The van der Waals surface area contributed by atoms with Crippen LogP contribution in [0.5, 0.6) is 0 Å². The molecule has 0 rings (SSSR count). The van der Waals surface area contributed by atoms with E-state index in [2.05, 4.69) is 67.7 Å². The summed E-state index contributed by atoms with van der Waals surface area (Å²) in [4.78, 5) is 0. The van der Waals surface area contributed by atoms with Gasteiger partial charge in [0, 0.05) is 0 Å². The molecule has 0 atom stereocenters. The normalized spacial score (nSPS) is 13.8. The first-order valence-electron chi connectivity index (χ1n) is 5.95. The Bertz CT molecular complexity index is 201. The molecule has 100 valence electrons. The van der Waals surface area contributed by atoms with Crippen LogP contribution in [0.1, 0.15) is 41.5 Å². The summed E-state index contributed by atoms with van der Waals surface area (Å²) in [5, 5.41) is 0.755. The van der Waals surface area contributed by atoms with Crippen LogP contribution >= 0.6 is 0 Å². The first kappa shape index (κ1) is 23.3. The second-order valence-electron chi connectivity index (χ2n) is 7.73. The van der Waals surface area contributed by atoms with E-state index >= 15 is 0 Å². The van der Waals surface area contributed by atoms with E-state index in [0.717, 1.165) is 0 Å². The third kappa shape index (κ3) is 6.23. The first-order chi connectivity index (χ1) is 6.21. The molecule has 4 heteroatoms. The summed E-state index contributed by atoms with van der Waals surface area (Å²) < 4.78 is 5.36. The zero-order valence-corrected chi connectivity index (χ0v) is 17.6. The van der Waals surface area contributed by atoms with E-state index < -0.39 is 16.5 Å². The average molecular weight is 284 g/mol. The minimum absolute atomic E-state index is 0. The van der Waals surface area contributed by atoms with Crippen molar-refractivity contribution in [2.45, 2.75) is 77.8 Å². The van der Waals surface area contributed by atoms with E-state index in [9.17, 15) is 0 Å². The van der Waals surface area contributed by atoms with Crippen molar-refractivity contribution in [3.8, 4) is 0 Å². The number of nitrogens with zero attached hydrogens (tertiary/aromatic N) is 1. The fourth-order valence-corrected chi connectivity index (χ4v) is 9.31. The summed E-state index contributed by atoms with van der Waals surface area (Å²) in [5.74, 6) is 0. The van der Waals surface area contributed by atoms with Crippen LogP contribution in [0.2, 0.25) is 36.3 Å². The molecule has 0 saturated carbocycles. The van der Waals surface area contributed by atoms with Crippen molar-refractivity contribution in [2.75, 3.05) is 0 Å². The van der Waals surface area contributed by atoms with Gasteiger partial charge in [-0.15, -0.1) is 0 Å². The summed E-state index contributed by atoms with van der Waals surface area (Å²) in [6.45, 7) is 23.7. The Morgan fingerprint density at radius 3 is 0.941 bits per heavy atom. The molecule has 0 aliphatic carbocycles. The van der Waals surface area contributed by atoms with Gasteiger partial charge in [-0.25, -0.2) is 0 Å². The van der Waals surface area contributed by atoms with Crippen LogP contribution < -0.4 is 0 Å². The molecule has 0 amide bonds. The Kier molecular flexibility index (Phi) is 8.96. The van der Waals surface area contributed by atoms with E-state index in [1.165, 1.54) is 0 Å². The van der Waals surface area contributed by atoms with Crippen LogP contribution in [0.4, 0.5) is 0 Å². The Morgan fingerprint density at radius 2 is 0.824 bits per heavy atom. The SMILES string of the molecule is CC(C)(C)[Si](C)(C)[N-][Si](C)(C)C(C)(C)C.[CH3-].[Mg+2]. The Hall–Kier alpha value is 1.16. The summed E-state index contributed by atoms with van der Waals surface area (Å²) in [7, 11) is -2.93. The van der Waals surface area contributed by atoms with Gasteiger partial charge < -0.3 is 12.1 Å². The summed E-state index contributed by atoms with van der Waals surface area (Å²) in [6.07, 6.45) is 0. The van der Waals surface area contributed by atoms with Crippen LogP contribution in [-0.4, -0.2) is 39.5 Å². The van der Waals surface area contributed by atoms with Crippen LogP contribution in [-0.2, 0) is 0 Å². The molecule has 0 saturated heterocycles. The molecule has 0 aliphatic rings. The van der Waals surface area contributed by atoms with Crippen molar-refractivity contribution in [3.63, 3.8) is 0 Å². The fraction of sp³-hybridized carbons (Fsp3) is 0.923. The Balaban J connectivity index is -0.000000980. The Labute approximate surface area is 129 Å². The molecule has 0 heterocycles. The van der Waals surface area contributed by atoms with Gasteiger partial charge in [0.25, 0.3) is 0 Å². The zero-order valence-electron chi connectivity index (χ0n) is 14.2. The summed E-state index contributed by atoms with van der Waals surface area (Å²) >= 11 is 0. The number of hydrogen-bond acceptors (Lipinski definition) is 0. The third-order valence-electron chi connectivity index (χ3n) is 4.23. The molecule has 0 aromatic carbocycles. The quantitative estimate of drug-likeness (QED) is 0.473. The molecule has 0 fully saturated rings. The van der Waals surface area contributed by atoms with Gasteiger partial charge in [-0.2, -0.15) is 0 Å². The molecule has 0 aromatic rings. The first-order valence-corrected chi connectivity index (χ1v) is 11.8. The average Bonchev–Trinajstić information content (AvgIpc) is 1.77. The van der Waals surface area contributed by atoms with Gasteiger partial charge in [-0.05, 0) is 0 Å². The smallest absolute Gasteiger partial charge is 0.666 e. The predicted molar refractivity (Wildman–Crippen MR) is 89.9 cm³/mol. The second-order valence-corrected chi connectivity index (χ2v) is 17.9. The van der Waals surface area contributed by atoms with Crippen molar-refractivity contribution in [1.29, 1.82) is 0 Å². The third-order valence-corrected chi connectivity index (χ3v) is 16.0. The van der Waals surface area contributed by atoms with Crippen LogP contribution in [0.25, 0.3) is 4.65 Å². The van der Waals surface area contributed by atoms with E-state index in [1.807, 2.05) is 0 Å². The topological polar surface area (TPSA) is 14.1 Å². The van der Waals surface area contributed by atoms with Crippen LogP contribution in [0.15, 0.2) is 0 Å². The largest absolute Gasteiger partial charge is 2.00 e. The fourth-order valence-electron chi connectivity index (χ4n) is 1.03. The molecule has 0 unspecified atom stereocenters. The molecule has 0 aromatic heterocycles. The standard InChI is InChI=1S/C12H30NSi2.CH3.Mg/c1-11(2,3)14(7,8)13-15(9,10)12(4,5)6;;/h1-10H3;1H3;/q2*-1;+2. The van der Waals surface area contributed by atoms with E-state index in [0.29, 0.717) is 10.1 Å². The van der Waals surface area contributed by atoms with Gasteiger partial charge in [0.05, 0.1) is 0 Å². The molecule has 0 aliphatic heterocycles. The second kappa shape index (κ2) is 6.55. The molecular formula is C13H33MgNSi2. The van der Waals surface area contributed by atoms with Crippen molar-refractivity contribution < 1.29 is 0 Å². The van der Waals surface area contributed by atoms with E-state index in [-0.39, 0.29) is 30.5 Å².